The van der Waals surface area contributed by atoms with Gasteiger partial charge in [-0.3, -0.25) is 19.3 Å². The number of benzene rings is 2. The van der Waals surface area contributed by atoms with Crippen molar-refractivity contribution >= 4 is 40.3 Å². The maximum Gasteiger partial charge on any atom is 0.261 e. The predicted octanol–water partition coefficient (Wildman–Crippen LogP) is 3.94. The molecule has 4 N–H and O–H groups in total. The van der Waals surface area contributed by atoms with Gasteiger partial charge >= 0.3 is 0 Å². The number of imide groups is 1. The number of thioether (sulfide) groups is 1. The molecule has 0 unspecified atom stereocenters. The van der Waals surface area contributed by atoms with E-state index in [1.807, 2.05) is 20.2 Å². The van der Waals surface area contributed by atoms with Gasteiger partial charge < -0.3 is 30.0 Å². The Morgan fingerprint density at radius 3 is 2.58 bits per heavy atom. The van der Waals surface area contributed by atoms with Gasteiger partial charge in [0.1, 0.15) is 29.8 Å². The van der Waals surface area contributed by atoms with Crippen molar-refractivity contribution in [2.75, 3.05) is 44.9 Å². The lowest BCUT2D eigenvalue weighted by atomic mass is 10.0. The number of amides is 2. The molecule has 2 aliphatic rings. The summed E-state index contributed by atoms with van der Waals surface area (Å²) in [5.41, 5.74) is 5.32. The molecule has 236 valence electrons. The van der Waals surface area contributed by atoms with Crippen molar-refractivity contribution in [3.63, 3.8) is 0 Å². The van der Waals surface area contributed by atoms with Crippen LogP contribution in [0.15, 0.2) is 41.3 Å². The summed E-state index contributed by atoms with van der Waals surface area (Å²) in [7, 11) is 2.04. The fourth-order valence-corrected chi connectivity index (χ4v) is 6.83. The molecule has 0 aliphatic carbocycles. The van der Waals surface area contributed by atoms with Crippen LogP contribution in [0.5, 0.6) is 5.75 Å². The first-order valence-electron chi connectivity index (χ1n) is 15.1. The number of hydrogen-bond donors (Lipinski definition) is 4. The quantitative estimate of drug-likeness (QED) is 0.192. The highest BCUT2D eigenvalue weighted by Gasteiger charge is 2.41. The number of carbonyl (C=O) groups is 2. The molecule has 2 aliphatic heterocycles. The number of likely N-dealkylation sites (tertiary alicyclic amines) is 1. The predicted molar refractivity (Wildman–Crippen MR) is 176 cm³/mol. The maximum absolute atomic E-state index is 13.4. The second-order valence-corrected chi connectivity index (χ2v) is 12.8. The molecule has 4 heterocycles. The summed E-state index contributed by atoms with van der Waals surface area (Å²) in [4.78, 5) is 53.8. The summed E-state index contributed by atoms with van der Waals surface area (Å²) in [6.45, 7) is 5.92. The van der Waals surface area contributed by atoms with E-state index in [0.29, 0.717) is 27.8 Å². The van der Waals surface area contributed by atoms with Gasteiger partial charge in [0.05, 0.1) is 27.8 Å². The molecule has 0 saturated carbocycles. The van der Waals surface area contributed by atoms with Gasteiger partial charge in [-0.2, -0.15) is 11.8 Å². The van der Waals surface area contributed by atoms with Gasteiger partial charge in [0.25, 0.3) is 17.4 Å². The monoisotopic (exact) mass is 630 g/mol. The van der Waals surface area contributed by atoms with Gasteiger partial charge in [0.2, 0.25) is 0 Å². The normalized spacial score (nSPS) is 16.4. The Balaban J connectivity index is 1.19. The van der Waals surface area contributed by atoms with Crippen LogP contribution in [-0.4, -0.2) is 93.4 Å². The molecule has 2 amide bonds. The summed E-state index contributed by atoms with van der Waals surface area (Å²) >= 11 is 1.71. The highest BCUT2D eigenvalue weighted by molar-refractivity contribution is 7.97. The molecule has 2 aromatic heterocycles. The van der Waals surface area contributed by atoms with E-state index in [2.05, 4.69) is 44.2 Å². The number of nitrogens with one attached hydrogen (secondary N) is 3. The molecule has 0 spiro atoms. The molecule has 6 rings (SSSR count). The van der Waals surface area contributed by atoms with Gasteiger partial charge in [-0.1, -0.05) is 17.7 Å². The summed E-state index contributed by atoms with van der Waals surface area (Å²) < 4.78 is 6.06. The topological polar surface area (TPSA) is 144 Å². The third kappa shape index (κ3) is 6.09. The first-order chi connectivity index (χ1) is 21.6. The minimum Gasteiger partial charge on any atom is -0.490 e. The number of imidazole rings is 1. The summed E-state index contributed by atoms with van der Waals surface area (Å²) in [5, 5.41) is 14.0. The second-order valence-electron chi connectivity index (χ2n) is 12.0. The number of anilines is 1. The van der Waals surface area contributed by atoms with Gasteiger partial charge in [0, 0.05) is 30.1 Å². The van der Waals surface area contributed by atoms with Crippen LogP contribution >= 0.6 is 11.8 Å². The van der Waals surface area contributed by atoms with E-state index >= 15 is 0 Å². The van der Waals surface area contributed by atoms with Gasteiger partial charge in [-0.25, -0.2) is 4.98 Å². The molecule has 0 radical (unpaired) electrons. The summed E-state index contributed by atoms with van der Waals surface area (Å²) in [5.74, 6) is 1.29. The van der Waals surface area contributed by atoms with Crippen LogP contribution in [0.1, 0.15) is 50.2 Å². The zero-order valence-corrected chi connectivity index (χ0v) is 26.7. The number of rotatable bonds is 10. The molecule has 0 bridgehead atoms. The van der Waals surface area contributed by atoms with Crippen molar-refractivity contribution in [2.24, 2.45) is 0 Å². The Morgan fingerprint density at radius 1 is 1.11 bits per heavy atom. The Bertz CT molecular complexity index is 1770. The molecule has 11 nitrogen and oxygen atoms in total. The van der Waals surface area contributed by atoms with Gasteiger partial charge in [-0.05, 0) is 76.8 Å². The van der Waals surface area contributed by atoms with Crippen LogP contribution in [0.3, 0.4) is 0 Å². The van der Waals surface area contributed by atoms with Crippen molar-refractivity contribution in [1.82, 2.24) is 24.8 Å². The molecule has 45 heavy (non-hydrogen) atoms. The molecular weight excluding hydrogens is 592 g/mol. The average molecular weight is 631 g/mol. The van der Waals surface area contributed by atoms with E-state index in [1.54, 1.807) is 30.0 Å². The second kappa shape index (κ2) is 12.7. The SMILES string of the molecule is CSCc1cc(C)cc(C)c1OC[C@H](O)CNc1cc[nH]c(=O)c1-c1nc2cc3c(cc2[nH]1)C(=O)N(C1CCN(C)CC1)C3=O. The maximum atomic E-state index is 13.4. The molecular formula is C33H38N6O5S. The van der Waals surface area contributed by atoms with Crippen LogP contribution < -0.4 is 15.6 Å². The molecule has 1 atom stereocenters. The summed E-state index contributed by atoms with van der Waals surface area (Å²) in [6, 6.07) is 9.02. The van der Waals surface area contributed by atoms with Crippen LogP contribution in [0.4, 0.5) is 5.69 Å². The zero-order valence-electron chi connectivity index (χ0n) is 25.9. The molecule has 1 fully saturated rings. The molecule has 12 heteroatoms. The molecule has 2 aromatic carbocycles. The van der Waals surface area contributed by atoms with E-state index in [1.165, 1.54) is 11.1 Å². The number of aromatic nitrogens is 3. The van der Waals surface area contributed by atoms with Crippen molar-refractivity contribution in [3.05, 3.63) is 74.7 Å². The zero-order chi connectivity index (χ0) is 31.8. The Kier molecular flexibility index (Phi) is 8.71. The van der Waals surface area contributed by atoms with E-state index < -0.39 is 6.10 Å². The molecule has 1 saturated heterocycles. The number of aliphatic hydroxyl groups excluding tert-OH is 1. The minimum absolute atomic E-state index is 0.0730. The number of carbonyl (C=O) groups excluding carboxylic acids is 2. The highest BCUT2D eigenvalue weighted by atomic mass is 32.2. The third-order valence-corrected chi connectivity index (χ3v) is 9.11. The lowest BCUT2D eigenvalue weighted by molar-refractivity contribution is 0.0516. The lowest BCUT2D eigenvalue weighted by Gasteiger charge is -2.33. The van der Waals surface area contributed by atoms with Crippen LogP contribution in [-0.2, 0) is 5.75 Å². The highest BCUT2D eigenvalue weighted by Crippen LogP contribution is 2.33. The Hall–Kier alpha value is -4.13. The number of ether oxygens (including phenoxy) is 1. The lowest BCUT2D eigenvalue weighted by Crippen LogP contribution is -2.46. The average Bonchev–Trinajstić information content (AvgIpc) is 3.52. The van der Waals surface area contributed by atoms with Gasteiger partial charge in [-0.15, -0.1) is 0 Å². The number of aryl methyl sites for hydroxylation is 2. The first-order valence-corrected chi connectivity index (χ1v) is 16.5. The van der Waals surface area contributed by atoms with Crippen molar-refractivity contribution in [3.8, 4) is 17.1 Å². The number of aromatic amines is 2. The number of pyridine rings is 1. The minimum atomic E-state index is -0.858. The van der Waals surface area contributed by atoms with E-state index in [-0.39, 0.29) is 48.0 Å². The van der Waals surface area contributed by atoms with E-state index in [9.17, 15) is 19.5 Å². The number of nitrogens with zero attached hydrogens (tertiary/aromatic N) is 3. The molecule has 4 aromatic rings. The van der Waals surface area contributed by atoms with Gasteiger partial charge in [0.15, 0.2) is 0 Å². The van der Waals surface area contributed by atoms with Crippen molar-refractivity contribution < 1.29 is 19.4 Å². The standard InChI is InChI=1S/C33H38N6O5S/c1-18-11-19(2)29(20(12-18)17-45-4)44-16-22(40)15-35-25-5-8-34-31(41)28(25)30-36-26-13-23-24(14-27(26)37-30)33(43)39(32(23)42)21-6-9-38(3)10-7-21/h5,8,11-14,21-22,40H,6-7,9-10,15-17H2,1-4H3,(H,36,37)(H2,34,35,41)/t22-/m1/s1. The number of H-pyrrole nitrogens is 2. The smallest absolute Gasteiger partial charge is 0.261 e. The van der Waals surface area contributed by atoms with Crippen molar-refractivity contribution in [2.45, 2.75) is 44.6 Å². The number of fused-ring (bicyclic) bond motifs is 2. The van der Waals surface area contributed by atoms with E-state index in [0.717, 1.165) is 54.1 Å². The fourth-order valence-electron chi connectivity index (χ4n) is 6.30. The van der Waals surface area contributed by atoms with Crippen LogP contribution in [0, 0.1) is 13.8 Å². The Morgan fingerprint density at radius 2 is 1.84 bits per heavy atom. The van der Waals surface area contributed by atoms with Crippen molar-refractivity contribution in [1.29, 1.82) is 0 Å². The Labute approximate surface area is 265 Å². The number of piperidine rings is 1. The largest absolute Gasteiger partial charge is 0.490 e. The van der Waals surface area contributed by atoms with E-state index in [4.69, 9.17) is 4.74 Å². The van der Waals surface area contributed by atoms with Crippen LogP contribution in [0.2, 0.25) is 0 Å². The first kappa shape index (κ1) is 30.9. The number of hydrogen-bond acceptors (Lipinski definition) is 9. The van der Waals surface area contributed by atoms with Crippen LogP contribution in [0.25, 0.3) is 22.4 Å². The summed E-state index contributed by atoms with van der Waals surface area (Å²) in [6.07, 6.45) is 4.20. The third-order valence-electron chi connectivity index (χ3n) is 8.51. The number of aliphatic hydroxyl groups is 1. The fraction of sp³-hybridized carbons (Fsp3) is 0.394.